The van der Waals surface area contributed by atoms with Crippen LogP contribution in [0.2, 0.25) is 0 Å². The lowest BCUT2D eigenvalue weighted by Gasteiger charge is -2.38. The molecule has 0 bridgehead atoms. The number of rotatable bonds is 7. The highest BCUT2D eigenvalue weighted by atomic mass is 16.5. The Kier molecular flexibility index (Phi) is 7.62. The van der Waals surface area contributed by atoms with Crippen molar-refractivity contribution >= 4 is 23.2 Å². The van der Waals surface area contributed by atoms with E-state index in [1.54, 1.807) is 18.2 Å². The predicted molar refractivity (Wildman–Crippen MR) is 131 cm³/mol. The maximum absolute atomic E-state index is 12.9. The standard InChI is InChI=1S/C26H34N4O3/c1-19(2)29-13-15-30(16-14-29)21-11-9-20(10-12-21)25(31)28-24-8-4-3-7-23(24)26(32)27-18-22-6-5-17-33-22/h3-4,7-12,19,22H,5-6,13-18H2,1-2H3,(H,27,32)(H,28,31). The maximum atomic E-state index is 12.9. The molecule has 33 heavy (non-hydrogen) atoms. The molecule has 0 aromatic heterocycles. The van der Waals surface area contributed by atoms with Crippen molar-refractivity contribution in [2.24, 2.45) is 0 Å². The Morgan fingerprint density at radius 2 is 1.73 bits per heavy atom. The molecule has 1 unspecified atom stereocenters. The van der Waals surface area contributed by atoms with Crippen LogP contribution >= 0.6 is 0 Å². The van der Waals surface area contributed by atoms with Gasteiger partial charge in [-0.3, -0.25) is 14.5 Å². The second-order valence-corrected chi connectivity index (χ2v) is 9.01. The van der Waals surface area contributed by atoms with Crippen LogP contribution in [-0.4, -0.2) is 68.2 Å². The molecule has 2 aliphatic heterocycles. The fourth-order valence-electron chi connectivity index (χ4n) is 4.41. The molecule has 176 valence electrons. The number of anilines is 2. The van der Waals surface area contributed by atoms with Gasteiger partial charge in [-0.25, -0.2) is 0 Å². The first kappa shape index (κ1) is 23.3. The Morgan fingerprint density at radius 3 is 2.39 bits per heavy atom. The van der Waals surface area contributed by atoms with E-state index in [0.29, 0.717) is 29.4 Å². The number of ether oxygens (including phenoxy) is 1. The summed E-state index contributed by atoms with van der Waals surface area (Å²) in [5.74, 6) is -0.442. The van der Waals surface area contributed by atoms with Crippen LogP contribution in [0.4, 0.5) is 11.4 Å². The normalized spacial score (nSPS) is 19.0. The number of carbonyl (C=O) groups is 2. The van der Waals surface area contributed by atoms with E-state index in [-0.39, 0.29) is 17.9 Å². The number of carbonyl (C=O) groups excluding carboxylic acids is 2. The topological polar surface area (TPSA) is 73.9 Å². The van der Waals surface area contributed by atoms with Crippen molar-refractivity contribution in [1.82, 2.24) is 10.2 Å². The van der Waals surface area contributed by atoms with Gasteiger partial charge in [-0.05, 0) is 63.1 Å². The summed E-state index contributed by atoms with van der Waals surface area (Å²) in [6, 6.07) is 15.3. The van der Waals surface area contributed by atoms with Crippen molar-refractivity contribution in [3.63, 3.8) is 0 Å². The fourth-order valence-corrected chi connectivity index (χ4v) is 4.41. The van der Waals surface area contributed by atoms with Crippen molar-refractivity contribution in [2.75, 3.05) is 49.5 Å². The minimum atomic E-state index is -0.231. The third kappa shape index (κ3) is 5.92. The molecule has 7 heteroatoms. The van der Waals surface area contributed by atoms with Gasteiger partial charge in [0.1, 0.15) is 0 Å². The van der Waals surface area contributed by atoms with Gasteiger partial charge < -0.3 is 20.3 Å². The number of hydrogen-bond acceptors (Lipinski definition) is 5. The molecule has 0 saturated carbocycles. The number of nitrogens with zero attached hydrogens (tertiary/aromatic N) is 2. The van der Waals surface area contributed by atoms with Crippen molar-refractivity contribution in [3.05, 3.63) is 59.7 Å². The molecule has 0 spiro atoms. The fraction of sp³-hybridized carbons (Fsp3) is 0.462. The van der Waals surface area contributed by atoms with Crippen molar-refractivity contribution in [3.8, 4) is 0 Å². The van der Waals surface area contributed by atoms with E-state index in [0.717, 1.165) is 51.3 Å². The third-order valence-electron chi connectivity index (χ3n) is 6.47. The van der Waals surface area contributed by atoms with Crippen molar-refractivity contribution < 1.29 is 14.3 Å². The average Bonchev–Trinajstić information content (AvgIpc) is 3.37. The van der Waals surface area contributed by atoms with Crippen LogP contribution in [0.1, 0.15) is 47.4 Å². The number of hydrogen-bond donors (Lipinski definition) is 2. The highest BCUT2D eigenvalue weighted by Crippen LogP contribution is 2.20. The molecule has 0 aliphatic carbocycles. The molecule has 2 aromatic rings. The second kappa shape index (κ2) is 10.8. The SMILES string of the molecule is CC(C)N1CCN(c2ccc(C(=O)Nc3ccccc3C(=O)NCC3CCCO3)cc2)CC1. The molecule has 2 aromatic carbocycles. The van der Waals surface area contributed by atoms with Gasteiger partial charge in [0, 0.05) is 56.6 Å². The van der Waals surface area contributed by atoms with Gasteiger partial charge in [0.15, 0.2) is 0 Å². The highest BCUT2D eigenvalue weighted by Gasteiger charge is 2.20. The second-order valence-electron chi connectivity index (χ2n) is 9.01. The number of para-hydroxylation sites is 1. The lowest BCUT2D eigenvalue weighted by Crippen LogP contribution is -2.48. The summed E-state index contributed by atoms with van der Waals surface area (Å²) < 4.78 is 5.57. The molecule has 4 rings (SSSR count). The Balaban J connectivity index is 1.36. The largest absolute Gasteiger partial charge is 0.376 e. The smallest absolute Gasteiger partial charge is 0.255 e. The summed E-state index contributed by atoms with van der Waals surface area (Å²) in [6.45, 7) is 9.76. The quantitative estimate of drug-likeness (QED) is 0.677. The van der Waals surface area contributed by atoms with Crippen molar-refractivity contribution in [1.29, 1.82) is 0 Å². The molecule has 1 atom stereocenters. The molecule has 2 heterocycles. The number of piperazine rings is 1. The first-order valence-electron chi connectivity index (χ1n) is 11.9. The lowest BCUT2D eigenvalue weighted by atomic mass is 10.1. The van der Waals surface area contributed by atoms with Gasteiger partial charge in [-0.15, -0.1) is 0 Å². The van der Waals surface area contributed by atoms with Gasteiger partial charge in [0.05, 0.1) is 17.4 Å². The van der Waals surface area contributed by atoms with E-state index in [1.807, 2.05) is 30.3 Å². The van der Waals surface area contributed by atoms with Crippen LogP contribution in [0.25, 0.3) is 0 Å². The molecule has 7 nitrogen and oxygen atoms in total. The van der Waals surface area contributed by atoms with Crippen LogP contribution in [0.3, 0.4) is 0 Å². The van der Waals surface area contributed by atoms with E-state index in [2.05, 4.69) is 34.3 Å². The molecule has 2 amide bonds. The number of benzene rings is 2. The van der Waals surface area contributed by atoms with Gasteiger partial charge in [-0.1, -0.05) is 12.1 Å². The minimum absolute atomic E-state index is 0.0718. The van der Waals surface area contributed by atoms with Crippen molar-refractivity contribution in [2.45, 2.75) is 38.8 Å². The van der Waals surface area contributed by atoms with Crippen LogP contribution < -0.4 is 15.5 Å². The van der Waals surface area contributed by atoms with Crippen LogP contribution in [0.5, 0.6) is 0 Å². The number of amides is 2. The van der Waals surface area contributed by atoms with E-state index < -0.39 is 0 Å². The molecular weight excluding hydrogens is 416 g/mol. The molecule has 2 fully saturated rings. The van der Waals surface area contributed by atoms with Crippen LogP contribution in [0.15, 0.2) is 48.5 Å². The predicted octanol–water partition coefficient (Wildman–Crippen LogP) is 3.38. The summed E-state index contributed by atoms with van der Waals surface area (Å²) in [5.41, 5.74) is 2.64. The van der Waals surface area contributed by atoms with Crippen LogP contribution in [0, 0.1) is 0 Å². The van der Waals surface area contributed by atoms with E-state index in [1.165, 1.54) is 0 Å². The minimum Gasteiger partial charge on any atom is -0.376 e. The Morgan fingerprint density at radius 1 is 1.00 bits per heavy atom. The van der Waals surface area contributed by atoms with Crippen LogP contribution in [-0.2, 0) is 4.74 Å². The molecule has 2 N–H and O–H groups in total. The summed E-state index contributed by atoms with van der Waals surface area (Å²) in [7, 11) is 0. The summed E-state index contributed by atoms with van der Waals surface area (Å²) >= 11 is 0. The number of nitrogens with one attached hydrogen (secondary N) is 2. The molecule has 2 aliphatic rings. The zero-order valence-electron chi connectivity index (χ0n) is 19.5. The Bertz CT molecular complexity index is 946. The Hall–Kier alpha value is -2.90. The van der Waals surface area contributed by atoms with Gasteiger partial charge in [0.25, 0.3) is 11.8 Å². The maximum Gasteiger partial charge on any atom is 0.255 e. The third-order valence-corrected chi connectivity index (χ3v) is 6.47. The summed E-state index contributed by atoms with van der Waals surface area (Å²) in [6.07, 6.45) is 2.06. The van der Waals surface area contributed by atoms with E-state index >= 15 is 0 Å². The van der Waals surface area contributed by atoms with E-state index in [9.17, 15) is 9.59 Å². The monoisotopic (exact) mass is 450 g/mol. The van der Waals surface area contributed by atoms with Gasteiger partial charge in [0.2, 0.25) is 0 Å². The molecular formula is C26H34N4O3. The molecule has 0 radical (unpaired) electrons. The lowest BCUT2D eigenvalue weighted by molar-refractivity contribution is 0.0858. The zero-order valence-corrected chi connectivity index (χ0v) is 19.5. The first-order valence-corrected chi connectivity index (χ1v) is 11.9. The zero-order chi connectivity index (χ0) is 23.2. The molecule has 2 saturated heterocycles. The average molecular weight is 451 g/mol. The summed E-state index contributed by atoms with van der Waals surface area (Å²) in [4.78, 5) is 30.4. The van der Waals surface area contributed by atoms with Gasteiger partial charge >= 0.3 is 0 Å². The first-order chi connectivity index (χ1) is 16.0. The Labute approximate surface area is 196 Å². The summed E-state index contributed by atoms with van der Waals surface area (Å²) in [5, 5.41) is 5.83. The van der Waals surface area contributed by atoms with Gasteiger partial charge in [-0.2, -0.15) is 0 Å². The van der Waals surface area contributed by atoms with E-state index in [4.69, 9.17) is 4.74 Å². The highest BCUT2D eigenvalue weighted by molar-refractivity contribution is 6.09.